The zero-order chi connectivity index (χ0) is 10.6. The van der Waals surface area contributed by atoms with Gasteiger partial charge in [0.15, 0.2) is 0 Å². The van der Waals surface area contributed by atoms with Crippen LogP contribution in [0.25, 0.3) is 0 Å². The minimum atomic E-state index is -0.326. The van der Waals surface area contributed by atoms with E-state index in [0.717, 1.165) is 11.1 Å². The molecule has 1 aromatic carbocycles. The molecule has 0 unspecified atom stereocenters. The number of benzene rings is 1. The van der Waals surface area contributed by atoms with Crippen molar-refractivity contribution in [2.75, 3.05) is 7.11 Å². The molecule has 1 aromatic rings. The predicted molar refractivity (Wildman–Crippen MR) is 55.8 cm³/mol. The van der Waals surface area contributed by atoms with Gasteiger partial charge in [-0.05, 0) is 25.0 Å². The van der Waals surface area contributed by atoms with Crippen molar-refractivity contribution in [3.05, 3.63) is 35.4 Å². The summed E-state index contributed by atoms with van der Waals surface area (Å²) in [6.45, 7) is 4.01. The second-order valence-corrected chi connectivity index (χ2v) is 3.71. The Morgan fingerprint density at radius 1 is 1.36 bits per heavy atom. The third-order valence-electron chi connectivity index (χ3n) is 2.45. The van der Waals surface area contributed by atoms with Gasteiger partial charge in [-0.1, -0.05) is 24.3 Å². The molecule has 2 nitrogen and oxygen atoms in total. The van der Waals surface area contributed by atoms with Crippen LogP contribution in [0.1, 0.15) is 25.0 Å². The Bertz CT molecular complexity index is 350. The van der Waals surface area contributed by atoms with E-state index in [1.165, 1.54) is 0 Å². The van der Waals surface area contributed by atoms with Gasteiger partial charge in [-0.2, -0.15) is 5.26 Å². The first-order chi connectivity index (χ1) is 6.61. The average molecular weight is 189 g/mol. The third kappa shape index (κ3) is 2.12. The van der Waals surface area contributed by atoms with Gasteiger partial charge in [0.2, 0.25) is 0 Å². The molecular formula is C12H15NO. The molecular weight excluding hydrogens is 174 g/mol. The number of nitrogens with zero attached hydrogens (tertiary/aromatic N) is 1. The van der Waals surface area contributed by atoms with Crippen molar-refractivity contribution < 1.29 is 4.74 Å². The Morgan fingerprint density at radius 2 is 2.00 bits per heavy atom. The molecule has 2 heteroatoms. The van der Waals surface area contributed by atoms with E-state index in [2.05, 4.69) is 6.07 Å². The average Bonchev–Trinajstić information content (AvgIpc) is 2.19. The maximum absolute atomic E-state index is 8.69. The minimum Gasteiger partial charge on any atom is -0.374 e. The van der Waals surface area contributed by atoms with Crippen LogP contribution in [0.3, 0.4) is 0 Å². The van der Waals surface area contributed by atoms with Gasteiger partial charge >= 0.3 is 0 Å². The molecule has 0 amide bonds. The molecule has 0 radical (unpaired) electrons. The van der Waals surface area contributed by atoms with Crippen LogP contribution in [-0.4, -0.2) is 7.11 Å². The minimum absolute atomic E-state index is 0.326. The van der Waals surface area contributed by atoms with Gasteiger partial charge in [0.25, 0.3) is 0 Å². The number of methoxy groups -OCH3 is 1. The molecule has 0 aromatic heterocycles. The maximum Gasteiger partial charge on any atom is 0.0874 e. The van der Waals surface area contributed by atoms with Gasteiger partial charge in [0.05, 0.1) is 18.1 Å². The highest BCUT2D eigenvalue weighted by Gasteiger charge is 2.21. The smallest absolute Gasteiger partial charge is 0.0874 e. The largest absolute Gasteiger partial charge is 0.374 e. The molecule has 0 saturated heterocycles. The quantitative estimate of drug-likeness (QED) is 0.732. The van der Waals surface area contributed by atoms with E-state index in [1.807, 2.05) is 38.1 Å². The molecule has 14 heavy (non-hydrogen) atoms. The zero-order valence-electron chi connectivity index (χ0n) is 8.87. The van der Waals surface area contributed by atoms with E-state index in [1.54, 1.807) is 7.11 Å². The third-order valence-corrected chi connectivity index (χ3v) is 2.45. The summed E-state index contributed by atoms with van der Waals surface area (Å²) in [5, 5.41) is 8.69. The fourth-order valence-electron chi connectivity index (χ4n) is 1.46. The van der Waals surface area contributed by atoms with Crippen LogP contribution in [0, 0.1) is 11.3 Å². The van der Waals surface area contributed by atoms with Gasteiger partial charge in [-0.3, -0.25) is 0 Å². The number of hydrogen-bond donors (Lipinski definition) is 0. The highest BCUT2D eigenvalue weighted by molar-refractivity contribution is 5.33. The highest BCUT2D eigenvalue weighted by Crippen LogP contribution is 2.27. The molecule has 0 saturated carbocycles. The molecule has 0 N–H and O–H groups in total. The van der Waals surface area contributed by atoms with Crippen molar-refractivity contribution in [3.63, 3.8) is 0 Å². The Hall–Kier alpha value is -1.33. The second-order valence-electron chi connectivity index (χ2n) is 3.71. The number of ether oxygens (including phenoxy) is 1. The van der Waals surface area contributed by atoms with Crippen LogP contribution >= 0.6 is 0 Å². The molecule has 0 heterocycles. The van der Waals surface area contributed by atoms with E-state index in [9.17, 15) is 0 Å². The van der Waals surface area contributed by atoms with Crippen molar-refractivity contribution in [1.29, 1.82) is 5.26 Å². The summed E-state index contributed by atoms with van der Waals surface area (Å²) in [5.74, 6) is 0. The Kier molecular flexibility index (Phi) is 3.27. The van der Waals surface area contributed by atoms with Gasteiger partial charge in [0, 0.05) is 7.11 Å². The fourth-order valence-corrected chi connectivity index (χ4v) is 1.46. The lowest BCUT2D eigenvalue weighted by Gasteiger charge is -2.25. The molecule has 0 spiro atoms. The normalized spacial score (nSPS) is 11.0. The zero-order valence-corrected chi connectivity index (χ0v) is 8.87. The Morgan fingerprint density at radius 3 is 2.57 bits per heavy atom. The summed E-state index contributed by atoms with van der Waals surface area (Å²) in [7, 11) is 1.68. The lowest BCUT2D eigenvalue weighted by molar-refractivity contribution is 0.0186. The second kappa shape index (κ2) is 4.26. The molecule has 0 atom stereocenters. The molecule has 0 fully saturated rings. The Balaban J connectivity index is 3.14. The Labute approximate surface area is 85.1 Å². The number of rotatable bonds is 3. The van der Waals surface area contributed by atoms with Crippen molar-refractivity contribution in [2.24, 2.45) is 0 Å². The van der Waals surface area contributed by atoms with Crippen LogP contribution in [0.15, 0.2) is 24.3 Å². The highest BCUT2D eigenvalue weighted by atomic mass is 16.5. The molecule has 0 aliphatic carbocycles. The van der Waals surface area contributed by atoms with Crippen LogP contribution in [-0.2, 0) is 16.8 Å². The van der Waals surface area contributed by atoms with Gasteiger partial charge in [-0.25, -0.2) is 0 Å². The number of nitriles is 1. The SMILES string of the molecule is COC(C)(C)c1ccccc1CC#N. The molecule has 1 rings (SSSR count). The first-order valence-electron chi connectivity index (χ1n) is 4.62. The van der Waals surface area contributed by atoms with Crippen molar-refractivity contribution in [2.45, 2.75) is 25.9 Å². The van der Waals surface area contributed by atoms with Crippen molar-refractivity contribution >= 4 is 0 Å². The molecule has 0 aliphatic rings. The first-order valence-corrected chi connectivity index (χ1v) is 4.62. The van der Waals surface area contributed by atoms with Crippen LogP contribution in [0.4, 0.5) is 0 Å². The summed E-state index contributed by atoms with van der Waals surface area (Å²) >= 11 is 0. The summed E-state index contributed by atoms with van der Waals surface area (Å²) in [5.41, 5.74) is 1.80. The van der Waals surface area contributed by atoms with Crippen LogP contribution in [0.5, 0.6) is 0 Å². The molecule has 0 bridgehead atoms. The summed E-state index contributed by atoms with van der Waals surface area (Å²) in [6, 6.07) is 10.1. The van der Waals surface area contributed by atoms with Crippen LogP contribution in [0.2, 0.25) is 0 Å². The standard InChI is InChI=1S/C12H15NO/c1-12(2,14-3)11-7-5-4-6-10(11)8-9-13/h4-7H,8H2,1-3H3. The molecule has 0 aliphatic heterocycles. The first kappa shape index (κ1) is 10.7. The van der Waals surface area contributed by atoms with Crippen LogP contribution < -0.4 is 0 Å². The predicted octanol–water partition coefficient (Wildman–Crippen LogP) is 2.63. The monoisotopic (exact) mass is 189 g/mol. The maximum atomic E-state index is 8.69. The van der Waals surface area contributed by atoms with E-state index < -0.39 is 0 Å². The van der Waals surface area contributed by atoms with Crippen molar-refractivity contribution in [1.82, 2.24) is 0 Å². The van der Waals surface area contributed by atoms with E-state index in [-0.39, 0.29) is 5.60 Å². The lowest BCUT2D eigenvalue weighted by atomic mass is 9.92. The summed E-state index contributed by atoms with van der Waals surface area (Å²) in [4.78, 5) is 0. The van der Waals surface area contributed by atoms with Gasteiger partial charge < -0.3 is 4.74 Å². The van der Waals surface area contributed by atoms with E-state index >= 15 is 0 Å². The summed E-state index contributed by atoms with van der Waals surface area (Å²) < 4.78 is 5.40. The van der Waals surface area contributed by atoms with E-state index in [4.69, 9.17) is 10.00 Å². The topological polar surface area (TPSA) is 33.0 Å². The molecule has 74 valence electrons. The van der Waals surface area contributed by atoms with Crippen molar-refractivity contribution in [3.8, 4) is 6.07 Å². The van der Waals surface area contributed by atoms with E-state index in [0.29, 0.717) is 6.42 Å². The van der Waals surface area contributed by atoms with Gasteiger partial charge in [0.1, 0.15) is 0 Å². The fraction of sp³-hybridized carbons (Fsp3) is 0.417. The lowest BCUT2D eigenvalue weighted by Crippen LogP contribution is -2.21. The number of hydrogen-bond acceptors (Lipinski definition) is 2. The summed E-state index contributed by atoms with van der Waals surface area (Å²) in [6.07, 6.45) is 0.433. The van der Waals surface area contributed by atoms with Gasteiger partial charge in [-0.15, -0.1) is 0 Å².